The normalized spacial score (nSPS) is 13.0. The first-order valence-corrected chi connectivity index (χ1v) is 7.16. The van der Waals surface area contributed by atoms with Gasteiger partial charge in [-0.25, -0.2) is 4.39 Å². The Bertz CT molecular complexity index is 706. The standard InChI is InChI=1S/C15H13FN2O2S/c16-11-7-9(15(17)18)1-4-14(11)21-10-2-3-12-13(8-10)20-6-5-19-12/h1-4,7-8H,5-6H2,(H3,17,18). The van der Waals surface area contributed by atoms with Crippen molar-refractivity contribution in [2.75, 3.05) is 13.2 Å². The maximum atomic E-state index is 14.0. The van der Waals surface area contributed by atoms with E-state index in [0.29, 0.717) is 35.2 Å². The van der Waals surface area contributed by atoms with Crippen LogP contribution in [-0.2, 0) is 0 Å². The van der Waals surface area contributed by atoms with Gasteiger partial charge in [-0.2, -0.15) is 0 Å². The third kappa shape index (κ3) is 2.95. The lowest BCUT2D eigenvalue weighted by Gasteiger charge is -2.18. The molecule has 2 aromatic rings. The zero-order valence-electron chi connectivity index (χ0n) is 11.1. The second-order valence-corrected chi connectivity index (χ2v) is 5.58. The lowest BCUT2D eigenvalue weighted by atomic mass is 10.2. The summed E-state index contributed by atoms with van der Waals surface area (Å²) in [6.45, 7) is 1.06. The maximum Gasteiger partial charge on any atom is 0.162 e. The van der Waals surface area contributed by atoms with Crippen LogP contribution in [0.25, 0.3) is 0 Å². The molecule has 2 aromatic carbocycles. The molecule has 0 amide bonds. The summed E-state index contributed by atoms with van der Waals surface area (Å²) in [7, 11) is 0. The molecule has 21 heavy (non-hydrogen) atoms. The minimum Gasteiger partial charge on any atom is -0.486 e. The first-order valence-electron chi connectivity index (χ1n) is 6.35. The number of nitrogens with one attached hydrogen (secondary N) is 1. The highest BCUT2D eigenvalue weighted by Gasteiger charge is 2.13. The van der Waals surface area contributed by atoms with Gasteiger partial charge in [0.25, 0.3) is 0 Å². The van der Waals surface area contributed by atoms with Crippen LogP contribution < -0.4 is 15.2 Å². The summed E-state index contributed by atoms with van der Waals surface area (Å²) < 4.78 is 25.0. The molecule has 3 rings (SSSR count). The van der Waals surface area contributed by atoms with Crippen molar-refractivity contribution in [3.63, 3.8) is 0 Å². The van der Waals surface area contributed by atoms with Gasteiger partial charge in [-0.1, -0.05) is 11.8 Å². The smallest absolute Gasteiger partial charge is 0.162 e. The van der Waals surface area contributed by atoms with Crippen molar-refractivity contribution in [1.82, 2.24) is 0 Å². The van der Waals surface area contributed by atoms with Gasteiger partial charge >= 0.3 is 0 Å². The van der Waals surface area contributed by atoms with Gasteiger partial charge in [0.1, 0.15) is 24.9 Å². The third-order valence-electron chi connectivity index (χ3n) is 2.98. The Labute approximate surface area is 125 Å². The molecule has 0 spiro atoms. The number of ether oxygens (including phenoxy) is 2. The summed E-state index contributed by atoms with van der Waals surface area (Å²) in [6.07, 6.45) is 0. The van der Waals surface area contributed by atoms with E-state index in [2.05, 4.69) is 0 Å². The van der Waals surface area contributed by atoms with Crippen molar-refractivity contribution < 1.29 is 13.9 Å². The summed E-state index contributed by atoms with van der Waals surface area (Å²) in [5, 5.41) is 7.30. The number of nitrogen functional groups attached to an aromatic ring is 1. The zero-order valence-corrected chi connectivity index (χ0v) is 11.9. The molecular weight excluding hydrogens is 291 g/mol. The van der Waals surface area contributed by atoms with E-state index in [1.807, 2.05) is 18.2 Å². The van der Waals surface area contributed by atoms with Gasteiger partial charge in [0, 0.05) is 15.4 Å². The van der Waals surface area contributed by atoms with Crippen molar-refractivity contribution in [3.8, 4) is 11.5 Å². The number of amidine groups is 1. The minimum atomic E-state index is -0.400. The Morgan fingerprint density at radius 2 is 1.86 bits per heavy atom. The first-order chi connectivity index (χ1) is 10.1. The van der Waals surface area contributed by atoms with Crippen LogP contribution in [0.2, 0.25) is 0 Å². The molecular formula is C15H13FN2O2S. The fraction of sp³-hybridized carbons (Fsp3) is 0.133. The fourth-order valence-corrected chi connectivity index (χ4v) is 2.81. The summed E-state index contributed by atoms with van der Waals surface area (Å²) >= 11 is 1.29. The highest BCUT2D eigenvalue weighted by atomic mass is 32.2. The van der Waals surface area contributed by atoms with Crippen LogP contribution in [-0.4, -0.2) is 19.0 Å². The number of benzene rings is 2. The Morgan fingerprint density at radius 3 is 2.57 bits per heavy atom. The van der Waals surface area contributed by atoms with Crippen LogP contribution in [0.1, 0.15) is 5.56 Å². The van der Waals surface area contributed by atoms with E-state index in [1.165, 1.54) is 17.8 Å². The molecule has 1 heterocycles. The number of nitrogens with two attached hydrogens (primary N) is 1. The van der Waals surface area contributed by atoms with Crippen molar-refractivity contribution in [2.24, 2.45) is 5.73 Å². The molecule has 4 nitrogen and oxygen atoms in total. The van der Waals surface area contributed by atoms with Crippen molar-refractivity contribution in [1.29, 1.82) is 5.41 Å². The van der Waals surface area contributed by atoms with E-state index in [4.69, 9.17) is 20.6 Å². The molecule has 0 atom stereocenters. The Morgan fingerprint density at radius 1 is 1.10 bits per heavy atom. The second kappa shape index (κ2) is 5.65. The zero-order chi connectivity index (χ0) is 14.8. The Balaban J connectivity index is 1.85. The van der Waals surface area contributed by atoms with Crippen LogP contribution in [0.5, 0.6) is 11.5 Å². The van der Waals surface area contributed by atoms with Gasteiger partial charge < -0.3 is 15.2 Å². The third-order valence-corrected chi connectivity index (χ3v) is 4.02. The number of hydrogen-bond acceptors (Lipinski definition) is 4. The van der Waals surface area contributed by atoms with Gasteiger partial charge in [0.15, 0.2) is 11.5 Å². The molecule has 0 unspecified atom stereocenters. The number of fused-ring (bicyclic) bond motifs is 1. The van der Waals surface area contributed by atoms with E-state index >= 15 is 0 Å². The Hall–Kier alpha value is -2.21. The number of hydrogen-bond donors (Lipinski definition) is 2. The van der Waals surface area contributed by atoms with Crippen LogP contribution >= 0.6 is 11.8 Å². The molecule has 0 fully saturated rings. The molecule has 0 bridgehead atoms. The predicted molar refractivity (Wildman–Crippen MR) is 79.0 cm³/mol. The van der Waals surface area contributed by atoms with Crippen molar-refractivity contribution >= 4 is 17.6 Å². The average Bonchev–Trinajstić information content (AvgIpc) is 2.49. The topological polar surface area (TPSA) is 68.3 Å². The van der Waals surface area contributed by atoms with Crippen molar-refractivity contribution in [2.45, 2.75) is 9.79 Å². The van der Waals surface area contributed by atoms with Gasteiger partial charge in [0.05, 0.1) is 0 Å². The molecule has 0 saturated heterocycles. The summed E-state index contributed by atoms with van der Waals surface area (Å²) in [5.74, 6) is 0.831. The highest BCUT2D eigenvalue weighted by Crippen LogP contribution is 2.37. The van der Waals surface area contributed by atoms with Gasteiger partial charge in [-0.15, -0.1) is 0 Å². The van der Waals surface area contributed by atoms with Crippen LogP contribution in [0, 0.1) is 11.2 Å². The van der Waals surface area contributed by atoms with Crippen LogP contribution in [0.15, 0.2) is 46.2 Å². The van der Waals surface area contributed by atoms with Crippen LogP contribution in [0.4, 0.5) is 4.39 Å². The molecule has 6 heteroatoms. The van der Waals surface area contributed by atoms with E-state index in [0.717, 1.165) is 4.90 Å². The molecule has 0 aliphatic carbocycles. The number of rotatable bonds is 3. The van der Waals surface area contributed by atoms with Gasteiger partial charge in [0.2, 0.25) is 0 Å². The van der Waals surface area contributed by atoms with E-state index in [1.54, 1.807) is 12.1 Å². The average molecular weight is 304 g/mol. The van der Waals surface area contributed by atoms with Gasteiger partial charge in [-0.05, 0) is 36.4 Å². The van der Waals surface area contributed by atoms with E-state index in [9.17, 15) is 4.39 Å². The highest BCUT2D eigenvalue weighted by molar-refractivity contribution is 7.99. The molecule has 0 saturated carbocycles. The lowest BCUT2D eigenvalue weighted by molar-refractivity contribution is 0.171. The summed E-state index contributed by atoms with van der Waals surface area (Å²) in [6, 6.07) is 10.0. The van der Waals surface area contributed by atoms with Crippen LogP contribution in [0.3, 0.4) is 0 Å². The molecule has 1 aliphatic rings. The summed E-state index contributed by atoms with van der Waals surface area (Å²) in [5.41, 5.74) is 5.72. The minimum absolute atomic E-state index is 0.148. The molecule has 0 radical (unpaired) electrons. The predicted octanol–water partition coefficient (Wildman–Crippen LogP) is 3.03. The largest absolute Gasteiger partial charge is 0.486 e. The SMILES string of the molecule is N=C(N)c1ccc(Sc2ccc3c(c2)OCCO3)c(F)c1. The van der Waals surface area contributed by atoms with E-state index < -0.39 is 5.82 Å². The maximum absolute atomic E-state index is 14.0. The second-order valence-electron chi connectivity index (χ2n) is 4.47. The van der Waals surface area contributed by atoms with Crippen molar-refractivity contribution in [3.05, 3.63) is 47.8 Å². The Kier molecular flexibility index (Phi) is 3.70. The lowest BCUT2D eigenvalue weighted by Crippen LogP contribution is -2.15. The molecule has 1 aliphatic heterocycles. The quantitative estimate of drug-likeness (QED) is 0.675. The van der Waals surface area contributed by atoms with Gasteiger partial charge in [-0.3, -0.25) is 5.41 Å². The number of halogens is 1. The first kappa shape index (κ1) is 13.8. The molecule has 108 valence electrons. The van der Waals surface area contributed by atoms with E-state index in [-0.39, 0.29) is 5.84 Å². The molecule has 0 aromatic heterocycles. The molecule has 3 N–H and O–H groups in total. The fourth-order valence-electron chi connectivity index (χ4n) is 1.97. The summed E-state index contributed by atoms with van der Waals surface area (Å²) in [4.78, 5) is 1.32. The monoisotopic (exact) mass is 304 g/mol.